The van der Waals surface area contributed by atoms with Crippen molar-refractivity contribution in [2.75, 3.05) is 26.4 Å². The Morgan fingerprint density at radius 3 is 1.56 bits per heavy atom. The van der Waals surface area contributed by atoms with Crippen molar-refractivity contribution in [1.29, 1.82) is 0 Å². The van der Waals surface area contributed by atoms with E-state index in [0.717, 1.165) is 4.90 Å². The van der Waals surface area contributed by atoms with E-state index in [-0.39, 0.29) is 38.6 Å². The molecule has 2 aromatic carbocycles. The molecule has 0 aliphatic carbocycles. The highest BCUT2D eigenvalue weighted by Gasteiger charge is 2.52. The SMILES string of the molecule is CCOP(=O)(OCC)C(CC(Sc1ccccc1)C(=O)c1ccccc1)P(=O)(OCC)OCC. The van der Waals surface area contributed by atoms with Crippen molar-refractivity contribution in [2.45, 2.75) is 49.7 Å². The second-order valence-corrected chi connectivity index (χ2v) is 13.2. The van der Waals surface area contributed by atoms with Crippen molar-refractivity contribution in [2.24, 2.45) is 0 Å². The van der Waals surface area contributed by atoms with E-state index < -0.39 is 25.8 Å². The quantitative estimate of drug-likeness (QED) is 0.128. The molecule has 0 bridgehead atoms. The average molecular weight is 529 g/mol. The van der Waals surface area contributed by atoms with Gasteiger partial charge in [-0.2, -0.15) is 0 Å². The Hall–Kier alpha value is -1.24. The van der Waals surface area contributed by atoms with Crippen LogP contribution < -0.4 is 0 Å². The fourth-order valence-corrected chi connectivity index (χ4v) is 10.3. The van der Waals surface area contributed by atoms with Crippen molar-refractivity contribution in [1.82, 2.24) is 0 Å². The van der Waals surface area contributed by atoms with Gasteiger partial charge in [-0.3, -0.25) is 13.9 Å². The number of Topliss-reactive ketones (excluding diaryl/α,β-unsaturated/α-hetero) is 1. The normalized spacial score (nSPS) is 13.2. The van der Waals surface area contributed by atoms with E-state index in [2.05, 4.69) is 0 Å². The Bertz CT molecular complexity index is 922. The average Bonchev–Trinajstić information content (AvgIpc) is 2.83. The second-order valence-electron chi connectivity index (χ2n) is 7.12. The molecule has 0 spiro atoms. The van der Waals surface area contributed by atoms with Crippen LogP contribution in [0.3, 0.4) is 0 Å². The molecule has 0 aliphatic rings. The number of hydrogen-bond donors (Lipinski definition) is 0. The number of rotatable bonds is 16. The molecule has 188 valence electrons. The van der Waals surface area contributed by atoms with E-state index in [4.69, 9.17) is 18.1 Å². The lowest BCUT2D eigenvalue weighted by Crippen LogP contribution is -2.27. The predicted octanol–water partition coefficient (Wildman–Crippen LogP) is 7.28. The van der Waals surface area contributed by atoms with Gasteiger partial charge in [0.2, 0.25) is 0 Å². The summed E-state index contributed by atoms with van der Waals surface area (Å²) in [6, 6.07) is 18.3. The Labute approximate surface area is 207 Å². The molecule has 0 aromatic heterocycles. The Balaban J connectivity index is 2.58. The van der Waals surface area contributed by atoms with E-state index in [0.29, 0.717) is 5.56 Å². The first-order valence-electron chi connectivity index (χ1n) is 11.4. The fraction of sp³-hybridized carbons (Fsp3) is 0.458. The van der Waals surface area contributed by atoms with Gasteiger partial charge < -0.3 is 18.1 Å². The zero-order valence-electron chi connectivity index (χ0n) is 20.1. The molecule has 0 fully saturated rings. The van der Waals surface area contributed by atoms with Crippen LogP contribution in [-0.4, -0.2) is 42.9 Å². The lowest BCUT2D eigenvalue weighted by molar-refractivity contribution is 0.0986. The molecule has 0 radical (unpaired) electrons. The van der Waals surface area contributed by atoms with Gasteiger partial charge >= 0.3 is 15.2 Å². The summed E-state index contributed by atoms with van der Waals surface area (Å²) in [6.45, 7) is 7.04. The van der Waals surface area contributed by atoms with Crippen molar-refractivity contribution in [3.05, 3.63) is 66.2 Å². The molecule has 0 aliphatic heterocycles. The van der Waals surface area contributed by atoms with Crippen LogP contribution in [0.5, 0.6) is 0 Å². The van der Waals surface area contributed by atoms with E-state index in [1.807, 2.05) is 36.4 Å². The van der Waals surface area contributed by atoms with Gasteiger partial charge in [-0.15, -0.1) is 11.8 Å². The first kappa shape index (κ1) is 29.0. The molecule has 1 unspecified atom stereocenters. The van der Waals surface area contributed by atoms with Crippen molar-refractivity contribution in [3.8, 4) is 0 Å². The molecule has 0 amide bonds. The lowest BCUT2D eigenvalue weighted by Gasteiger charge is -2.33. The minimum atomic E-state index is -3.98. The first-order valence-corrected chi connectivity index (χ1v) is 15.5. The van der Waals surface area contributed by atoms with Crippen molar-refractivity contribution < 1.29 is 32.0 Å². The van der Waals surface area contributed by atoms with Crippen molar-refractivity contribution >= 4 is 32.7 Å². The second kappa shape index (κ2) is 14.4. The summed E-state index contributed by atoms with van der Waals surface area (Å²) in [5, 5.41) is -2.01. The Kier molecular flexibility index (Phi) is 12.2. The Morgan fingerprint density at radius 2 is 1.15 bits per heavy atom. The molecule has 0 heterocycles. The number of carbonyl (C=O) groups is 1. The third-order valence-corrected chi connectivity index (χ3v) is 12.0. The number of carbonyl (C=O) groups excluding carboxylic acids is 1. The van der Waals surface area contributed by atoms with E-state index in [1.54, 1.807) is 52.0 Å². The molecule has 2 aromatic rings. The summed E-state index contributed by atoms with van der Waals surface area (Å²) in [5.41, 5.74) is 0.500. The van der Waals surface area contributed by atoms with Crippen LogP contribution in [-0.2, 0) is 27.2 Å². The van der Waals surface area contributed by atoms with Gasteiger partial charge in [0.25, 0.3) is 0 Å². The van der Waals surface area contributed by atoms with Crippen LogP contribution >= 0.6 is 27.0 Å². The first-order chi connectivity index (χ1) is 16.3. The van der Waals surface area contributed by atoms with Gasteiger partial charge in [0.15, 0.2) is 11.2 Å². The highest BCUT2D eigenvalue weighted by Crippen LogP contribution is 2.72. The summed E-state index contributed by atoms with van der Waals surface area (Å²) < 4.78 is 50.3. The number of hydrogen-bond acceptors (Lipinski definition) is 8. The highest BCUT2D eigenvalue weighted by molar-refractivity contribution is 8.00. The summed E-state index contributed by atoms with van der Waals surface area (Å²) in [4.78, 5) is 14.5. The van der Waals surface area contributed by atoms with Crippen LogP contribution in [0.15, 0.2) is 65.6 Å². The van der Waals surface area contributed by atoms with Crippen LogP contribution in [0.4, 0.5) is 0 Å². The maximum Gasteiger partial charge on any atom is 0.345 e. The molecule has 7 nitrogen and oxygen atoms in total. The maximum absolute atomic E-state index is 14.0. The monoisotopic (exact) mass is 528 g/mol. The van der Waals surface area contributed by atoms with Crippen LogP contribution in [0.2, 0.25) is 0 Å². The van der Waals surface area contributed by atoms with Crippen LogP contribution in [0, 0.1) is 0 Å². The molecular formula is C24H34O7P2S. The smallest absolute Gasteiger partial charge is 0.308 e. The largest absolute Gasteiger partial charge is 0.345 e. The standard InChI is InChI=1S/C24H34O7P2S/c1-5-28-32(26,29-6-2)23(33(27,30-7-3)31-8-4)19-22(34-21-17-13-10-14-18-21)24(25)20-15-11-9-12-16-20/h9-18,22-23H,5-8,19H2,1-4H3. The van der Waals surface area contributed by atoms with E-state index in [1.165, 1.54) is 11.8 Å². The minimum Gasteiger partial charge on any atom is -0.308 e. The van der Waals surface area contributed by atoms with E-state index >= 15 is 0 Å². The van der Waals surface area contributed by atoms with Gasteiger partial charge in [-0.1, -0.05) is 48.5 Å². The molecule has 0 N–H and O–H groups in total. The maximum atomic E-state index is 14.0. The summed E-state index contributed by atoms with van der Waals surface area (Å²) in [7, 11) is -7.96. The zero-order valence-corrected chi connectivity index (χ0v) is 22.7. The highest BCUT2D eigenvalue weighted by atomic mass is 32.2. The van der Waals surface area contributed by atoms with Gasteiger partial charge in [-0.05, 0) is 46.2 Å². The summed E-state index contributed by atoms with van der Waals surface area (Å²) in [6.07, 6.45) is -0.0815. The van der Waals surface area contributed by atoms with Gasteiger partial charge in [-0.25, -0.2) is 0 Å². The minimum absolute atomic E-state index is 0.0785. The Morgan fingerprint density at radius 1 is 0.735 bits per heavy atom. The number of ketones is 1. The molecule has 34 heavy (non-hydrogen) atoms. The van der Waals surface area contributed by atoms with Gasteiger partial charge in [0.05, 0.1) is 31.7 Å². The molecular weight excluding hydrogens is 494 g/mol. The predicted molar refractivity (Wildman–Crippen MR) is 137 cm³/mol. The van der Waals surface area contributed by atoms with E-state index in [9.17, 15) is 13.9 Å². The molecule has 0 saturated carbocycles. The van der Waals surface area contributed by atoms with Gasteiger partial charge in [0, 0.05) is 10.5 Å². The lowest BCUT2D eigenvalue weighted by atomic mass is 10.1. The van der Waals surface area contributed by atoms with Crippen molar-refractivity contribution in [3.63, 3.8) is 0 Å². The molecule has 2 rings (SSSR count). The summed E-state index contributed by atoms with van der Waals surface area (Å²) >= 11 is 1.31. The zero-order chi connectivity index (χ0) is 25.0. The third-order valence-electron chi connectivity index (χ3n) is 4.76. The number of thioether (sulfide) groups is 1. The van der Waals surface area contributed by atoms with Gasteiger partial charge in [0.1, 0.15) is 0 Å². The third kappa shape index (κ3) is 7.89. The summed E-state index contributed by atoms with van der Waals surface area (Å²) in [5.74, 6) is -0.182. The van der Waals surface area contributed by atoms with Crippen LogP contribution in [0.1, 0.15) is 44.5 Å². The molecule has 1 atom stereocenters. The van der Waals surface area contributed by atoms with Crippen LogP contribution in [0.25, 0.3) is 0 Å². The molecule has 10 heteroatoms. The number of benzene rings is 2. The molecule has 0 saturated heterocycles. The topological polar surface area (TPSA) is 88.1 Å². The fourth-order valence-electron chi connectivity index (χ4n) is 3.42.